The van der Waals surface area contributed by atoms with Crippen molar-refractivity contribution < 1.29 is 19.1 Å². The quantitative estimate of drug-likeness (QED) is 0.567. The molecule has 0 saturated carbocycles. The number of aromatic nitrogens is 2. The topological polar surface area (TPSA) is 133 Å². The van der Waals surface area contributed by atoms with Crippen molar-refractivity contribution in [3.05, 3.63) is 45.2 Å². The Morgan fingerprint density at radius 3 is 2.85 bits per heavy atom. The Balaban J connectivity index is 1.60. The van der Waals surface area contributed by atoms with Gasteiger partial charge in [-0.15, -0.1) is 0 Å². The Labute approximate surface area is 194 Å². The first-order chi connectivity index (χ1) is 15.9. The van der Waals surface area contributed by atoms with Crippen LogP contribution in [0, 0.1) is 5.92 Å². The van der Waals surface area contributed by atoms with Crippen molar-refractivity contribution >= 4 is 46.8 Å². The summed E-state index contributed by atoms with van der Waals surface area (Å²) in [7, 11) is 0. The molecule has 4 rings (SSSR count). The first kappa shape index (κ1) is 22.8. The number of hydrogen-bond donors (Lipinski definition) is 3. The van der Waals surface area contributed by atoms with E-state index in [1.807, 2.05) is 0 Å². The van der Waals surface area contributed by atoms with Gasteiger partial charge >= 0.3 is 5.97 Å². The van der Waals surface area contributed by atoms with Crippen molar-refractivity contribution in [3.63, 3.8) is 0 Å². The van der Waals surface area contributed by atoms with Crippen molar-refractivity contribution in [1.82, 2.24) is 9.97 Å². The SMILES string of the molecule is CCOC(=O)[C@@H]1CCCN(c2nc3c(c(=O)[nH]2)[C@H](C(=O)Nc2ccccc2Cl)CC(=O)N3)C1. The average molecular weight is 474 g/mol. The van der Waals surface area contributed by atoms with Gasteiger partial charge in [0.25, 0.3) is 5.56 Å². The number of H-pyrrole nitrogens is 1. The standard InChI is InChI=1S/C22H24ClN5O5/c1-2-33-21(32)12-6-5-9-28(11-12)22-26-18-17(20(31)27-22)13(10-16(29)25-18)19(30)24-15-8-4-3-7-14(15)23/h3-4,7-8,12-13H,2,5-6,9-11H2,1H3,(H,24,30)(H2,25,26,27,29,31)/t12-,13-/m1/s1. The van der Waals surface area contributed by atoms with Crippen molar-refractivity contribution in [2.24, 2.45) is 5.92 Å². The first-order valence-corrected chi connectivity index (χ1v) is 11.2. The second-order valence-electron chi connectivity index (χ2n) is 7.96. The highest BCUT2D eigenvalue weighted by atomic mass is 35.5. The molecule has 2 aliphatic heterocycles. The summed E-state index contributed by atoms with van der Waals surface area (Å²) >= 11 is 6.12. The number of ether oxygens (including phenoxy) is 1. The molecule has 2 aliphatic rings. The van der Waals surface area contributed by atoms with Gasteiger partial charge in [0.1, 0.15) is 5.82 Å². The molecule has 10 nitrogen and oxygen atoms in total. The van der Waals surface area contributed by atoms with Gasteiger partial charge in [0.2, 0.25) is 17.8 Å². The van der Waals surface area contributed by atoms with Gasteiger partial charge in [0.05, 0.1) is 34.7 Å². The van der Waals surface area contributed by atoms with E-state index < -0.39 is 23.3 Å². The van der Waals surface area contributed by atoms with Crippen LogP contribution in [0.15, 0.2) is 29.1 Å². The molecule has 0 bridgehead atoms. The number of carbonyl (C=O) groups excluding carboxylic acids is 3. The summed E-state index contributed by atoms with van der Waals surface area (Å²) in [5.41, 5.74) is -0.0505. The lowest BCUT2D eigenvalue weighted by atomic mass is 9.92. The Morgan fingerprint density at radius 2 is 2.09 bits per heavy atom. The van der Waals surface area contributed by atoms with Gasteiger partial charge in [-0.2, -0.15) is 4.98 Å². The number of esters is 1. The van der Waals surface area contributed by atoms with E-state index in [4.69, 9.17) is 16.3 Å². The van der Waals surface area contributed by atoms with Crippen molar-refractivity contribution in [2.75, 3.05) is 35.2 Å². The lowest BCUT2D eigenvalue weighted by molar-refractivity contribution is -0.148. The normalized spacial score (nSPS) is 19.9. The van der Waals surface area contributed by atoms with Crippen LogP contribution in [0.25, 0.3) is 0 Å². The van der Waals surface area contributed by atoms with E-state index in [0.717, 1.165) is 6.42 Å². The maximum Gasteiger partial charge on any atom is 0.310 e. The predicted octanol–water partition coefficient (Wildman–Crippen LogP) is 2.27. The monoisotopic (exact) mass is 473 g/mol. The fourth-order valence-corrected chi connectivity index (χ4v) is 4.32. The van der Waals surface area contributed by atoms with Gasteiger partial charge in [-0.05, 0) is 31.9 Å². The molecule has 1 aromatic heterocycles. The molecule has 11 heteroatoms. The summed E-state index contributed by atoms with van der Waals surface area (Å²) in [6.45, 7) is 2.97. The zero-order valence-electron chi connectivity index (χ0n) is 18.0. The Kier molecular flexibility index (Phi) is 6.64. The van der Waals surface area contributed by atoms with Gasteiger partial charge in [-0.1, -0.05) is 23.7 Å². The highest BCUT2D eigenvalue weighted by Crippen LogP contribution is 2.32. The molecule has 0 radical (unpaired) electrons. The molecule has 3 heterocycles. The summed E-state index contributed by atoms with van der Waals surface area (Å²) in [5.74, 6) is -2.31. The first-order valence-electron chi connectivity index (χ1n) is 10.8. The fraction of sp³-hybridized carbons (Fsp3) is 0.409. The van der Waals surface area contributed by atoms with Crippen LogP contribution in [0.5, 0.6) is 0 Å². The molecule has 2 aromatic rings. The van der Waals surface area contributed by atoms with Crippen LogP contribution in [0.4, 0.5) is 17.5 Å². The number of fused-ring (bicyclic) bond motifs is 1. The number of halogens is 1. The Hall–Kier alpha value is -3.40. The molecule has 2 amide bonds. The van der Waals surface area contributed by atoms with Crippen LogP contribution in [0.3, 0.4) is 0 Å². The summed E-state index contributed by atoms with van der Waals surface area (Å²) < 4.78 is 5.12. The van der Waals surface area contributed by atoms with Gasteiger partial charge in [-0.3, -0.25) is 24.2 Å². The minimum Gasteiger partial charge on any atom is -0.466 e. The minimum absolute atomic E-state index is 0.0440. The van der Waals surface area contributed by atoms with E-state index in [9.17, 15) is 19.2 Å². The smallest absolute Gasteiger partial charge is 0.310 e. The highest BCUT2D eigenvalue weighted by Gasteiger charge is 2.36. The van der Waals surface area contributed by atoms with Crippen LogP contribution in [-0.4, -0.2) is 47.4 Å². The molecular formula is C22H24ClN5O5. The van der Waals surface area contributed by atoms with Crippen LogP contribution in [-0.2, 0) is 19.1 Å². The average Bonchev–Trinajstić information content (AvgIpc) is 2.80. The van der Waals surface area contributed by atoms with Crippen LogP contribution in [0.1, 0.15) is 37.7 Å². The second kappa shape index (κ2) is 9.62. The number of rotatable bonds is 5. The molecule has 0 spiro atoms. The van der Waals surface area contributed by atoms with Crippen molar-refractivity contribution in [3.8, 4) is 0 Å². The predicted molar refractivity (Wildman–Crippen MR) is 122 cm³/mol. The van der Waals surface area contributed by atoms with Crippen molar-refractivity contribution in [2.45, 2.75) is 32.1 Å². The number of anilines is 3. The zero-order chi connectivity index (χ0) is 23.5. The van der Waals surface area contributed by atoms with Gasteiger partial charge < -0.3 is 20.3 Å². The van der Waals surface area contributed by atoms with Gasteiger partial charge in [0.15, 0.2) is 0 Å². The molecule has 2 atom stereocenters. The lowest BCUT2D eigenvalue weighted by Crippen LogP contribution is -2.42. The van der Waals surface area contributed by atoms with E-state index in [1.165, 1.54) is 0 Å². The minimum atomic E-state index is -1.02. The molecule has 0 unspecified atom stereocenters. The number of hydrogen-bond acceptors (Lipinski definition) is 7. The van der Waals surface area contributed by atoms with Crippen LogP contribution in [0.2, 0.25) is 5.02 Å². The third-order valence-corrected chi connectivity index (χ3v) is 6.06. The molecule has 1 aromatic carbocycles. The summed E-state index contributed by atoms with van der Waals surface area (Å²) in [5, 5.41) is 5.63. The number of benzene rings is 1. The Bertz CT molecular complexity index is 1150. The number of amides is 2. The molecule has 1 fully saturated rings. The van der Waals surface area contributed by atoms with Crippen LogP contribution >= 0.6 is 11.6 Å². The van der Waals surface area contributed by atoms with E-state index in [0.29, 0.717) is 36.8 Å². The van der Waals surface area contributed by atoms with E-state index >= 15 is 0 Å². The Morgan fingerprint density at radius 1 is 1.30 bits per heavy atom. The zero-order valence-corrected chi connectivity index (χ0v) is 18.8. The molecule has 1 saturated heterocycles. The number of nitrogens with zero attached hydrogens (tertiary/aromatic N) is 2. The number of carbonyl (C=O) groups is 3. The third kappa shape index (κ3) is 4.85. The number of aromatic amines is 1. The molecule has 33 heavy (non-hydrogen) atoms. The number of nitrogens with one attached hydrogen (secondary N) is 3. The van der Waals surface area contributed by atoms with Gasteiger partial charge in [-0.25, -0.2) is 0 Å². The van der Waals surface area contributed by atoms with E-state index in [-0.39, 0.29) is 35.6 Å². The lowest BCUT2D eigenvalue weighted by Gasteiger charge is -2.32. The van der Waals surface area contributed by atoms with Gasteiger partial charge in [0, 0.05) is 19.5 Å². The highest BCUT2D eigenvalue weighted by molar-refractivity contribution is 6.33. The van der Waals surface area contributed by atoms with E-state index in [2.05, 4.69) is 20.6 Å². The summed E-state index contributed by atoms with van der Waals surface area (Å²) in [6, 6.07) is 6.70. The maximum atomic E-state index is 13.0. The molecule has 3 N–H and O–H groups in total. The maximum absolute atomic E-state index is 13.0. The number of para-hydroxylation sites is 1. The van der Waals surface area contributed by atoms with E-state index in [1.54, 1.807) is 36.1 Å². The third-order valence-electron chi connectivity index (χ3n) is 5.73. The van der Waals surface area contributed by atoms with Crippen molar-refractivity contribution in [1.29, 1.82) is 0 Å². The summed E-state index contributed by atoms with van der Waals surface area (Å²) in [6.07, 6.45) is 1.22. The fourth-order valence-electron chi connectivity index (χ4n) is 4.14. The number of piperidine rings is 1. The molecule has 174 valence electrons. The second-order valence-corrected chi connectivity index (χ2v) is 8.37. The van der Waals surface area contributed by atoms with Crippen LogP contribution < -0.4 is 21.1 Å². The molecule has 0 aliphatic carbocycles. The molecular weight excluding hydrogens is 450 g/mol. The largest absolute Gasteiger partial charge is 0.466 e. The summed E-state index contributed by atoms with van der Waals surface area (Å²) in [4.78, 5) is 59.4.